The number of nitrogens with one attached hydrogen (secondary N) is 1. The van der Waals surface area contributed by atoms with Gasteiger partial charge in [0.2, 0.25) is 0 Å². The molecule has 0 aromatic rings. The van der Waals surface area contributed by atoms with Gasteiger partial charge in [-0.05, 0) is 26.2 Å². The van der Waals surface area contributed by atoms with Crippen molar-refractivity contribution in [2.24, 2.45) is 0 Å². The zero-order valence-electron chi connectivity index (χ0n) is 11.8. The summed E-state index contributed by atoms with van der Waals surface area (Å²) in [6.45, 7) is 5.75. The summed E-state index contributed by atoms with van der Waals surface area (Å²) < 4.78 is 5.34. The Morgan fingerprint density at radius 2 is 2.16 bits per heavy atom. The minimum atomic E-state index is -1.08. The average molecular weight is 272 g/mol. The van der Waals surface area contributed by atoms with Crippen LogP contribution < -0.4 is 5.32 Å². The molecule has 0 aliphatic carbocycles. The van der Waals surface area contributed by atoms with Crippen LogP contribution in [-0.4, -0.2) is 53.8 Å². The standard InChI is InChI=1S/C13H24N2O4/c1-3-4-9-19-10-7-14-12(18)15-8-5-6-13(15,2)11(16)17/h3-10H2,1-2H3,(H,14,18)(H,16,17). The Labute approximate surface area is 114 Å². The molecule has 0 spiro atoms. The molecule has 2 amide bonds. The fraction of sp³-hybridized carbons (Fsp3) is 0.846. The molecule has 1 unspecified atom stereocenters. The molecule has 19 heavy (non-hydrogen) atoms. The van der Waals surface area contributed by atoms with Gasteiger partial charge >= 0.3 is 12.0 Å². The van der Waals surface area contributed by atoms with E-state index in [0.29, 0.717) is 32.7 Å². The van der Waals surface area contributed by atoms with E-state index in [1.54, 1.807) is 6.92 Å². The van der Waals surface area contributed by atoms with Gasteiger partial charge in [0, 0.05) is 19.7 Å². The molecule has 1 heterocycles. The number of hydrogen-bond donors (Lipinski definition) is 2. The Hall–Kier alpha value is -1.30. The van der Waals surface area contributed by atoms with E-state index in [2.05, 4.69) is 12.2 Å². The van der Waals surface area contributed by atoms with Gasteiger partial charge in [0.1, 0.15) is 5.54 Å². The largest absolute Gasteiger partial charge is 0.480 e. The molecule has 1 fully saturated rings. The highest BCUT2D eigenvalue weighted by molar-refractivity contribution is 5.86. The molecule has 6 heteroatoms. The second kappa shape index (κ2) is 7.33. The van der Waals surface area contributed by atoms with Crippen LogP contribution in [0.1, 0.15) is 39.5 Å². The maximum Gasteiger partial charge on any atom is 0.329 e. The Balaban J connectivity index is 2.31. The van der Waals surface area contributed by atoms with Crippen LogP contribution in [0.3, 0.4) is 0 Å². The second-order valence-electron chi connectivity index (χ2n) is 5.03. The van der Waals surface area contributed by atoms with Crippen molar-refractivity contribution in [2.45, 2.75) is 45.1 Å². The first-order valence-corrected chi connectivity index (χ1v) is 6.89. The van der Waals surface area contributed by atoms with Crippen molar-refractivity contribution in [2.75, 3.05) is 26.3 Å². The van der Waals surface area contributed by atoms with Gasteiger partial charge in [-0.3, -0.25) is 0 Å². The number of rotatable bonds is 7. The monoisotopic (exact) mass is 272 g/mol. The van der Waals surface area contributed by atoms with Crippen LogP contribution in [0.4, 0.5) is 4.79 Å². The predicted octanol–water partition coefficient (Wildman–Crippen LogP) is 1.45. The van der Waals surface area contributed by atoms with Crippen LogP contribution in [0.25, 0.3) is 0 Å². The third-order valence-corrected chi connectivity index (χ3v) is 3.51. The Bertz CT molecular complexity index is 322. The quantitative estimate of drug-likeness (QED) is 0.688. The van der Waals surface area contributed by atoms with Gasteiger partial charge in [-0.1, -0.05) is 13.3 Å². The van der Waals surface area contributed by atoms with Crippen LogP contribution in [0.15, 0.2) is 0 Å². The number of urea groups is 1. The van der Waals surface area contributed by atoms with Gasteiger partial charge in [-0.2, -0.15) is 0 Å². The van der Waals surface area contributed by atoms with E-state index in [-0.39, 0.29) is 6.03 Å². The minimum absolute atomic E-state index is 0.318. The Morgan fingerprint density at radius 1 is 1.42 bits per heavy atom. The lowest BCUT2D eigenvalue weighted by Crippen LogP contribution is -2.54. The molecule has 2 N–H and O–H groups in total. The molecule has 1 aliphatic heterocycles. The van der Waals surface area contributed by atoms with Gasteiger partial charge in [-0.25, -0.2) is 9.59 Å². The number of hydrogen-bond acceptors (Lipinski definition) is 3. The average Bonchev–Trinajstić information content (AvgIpc) is 2.77. The lowest BCUT2D eigenvalue weighted by molar-refractivity contribution is -0.147. The van der Waals surface area contributed by atoms with Crippen molar-refractivity contribution in [3.63, 3.8) is 0 Å². The molecule has 0 aromatic carbocycles. The summed E-state index contributed by atoms with van der Waals surface area (Å²) in [4.78, 5) is 24.6. The van der Waals surface area contributed by atoms with Crippen LogP contribution in [0, 0.1) is 0 Å². The Kier molecular flexibility index (Phi) is 6.08. The van der Waals surface area contributed by atoms with Crippen LogP contribution in [0.5, 0.6) is 0 Å². The highest BCUT2D eigenvalue weighted by atomic mass is 16.5. The third-order valence-electron chi connectivity index (χ3n) is 3.51. The summed E-state index contributed by atoms with van der Waals surface area (Å²) in [6.07, 6.45) is 3.32. The third kappa shape index (κ3) is 4.09. The van der Waals surface area contributed by atoms with Crippen LogP contribution >= 0.6 is 0 Å². The van der Waals surface area contributed by atoms with Gasteiger partial charge in [-0.15, -0.1) is 0 Å². The number of ether oxygens (including phenoxy) is 1. The number of likely N-dealkylation sites (tertiary alicyclic amines) is 1. The summed E-state index contributed by atoms with van der Waals surface area (Å²) in [5.41, 5.74) is -1.08. The van der Waals surface area contributed by atoms with Gasteiger partial charge < -0.3 is 20.1 Å². The van der Waals surface area contributed by atoms with Gasteiger partial charge in [0.25, 0.3) is 0 Å². The molecule has 1 aliphatic rings. The maximum absolute atomic E-state index is 12.0. The van der Waals surface area contributed by atoms with E-state index in [0.717, 1.165) is 19.3 Å². The number of nitrogens with zero attached hydrogens (tertiary/aromatic N) is 1. The van der Waals surface area contributed by atoms with Crippen molar-refractivity contribution >= 4 is 12.0 Å². The number of carbonyl (C=O) groups is 2. The Morgan fingerprint density at radius 3 is 2.79 bits per heavy atom. The van der Waals surface area contributed by atoms with Crippen LogP contribution in [0.2, 0.25) is 0 Å². The van der Waals surface area contributed by atoms with Gasteiger partial charge in [0.05, 0.1) is 6.61 Å². The molecule has 6 nitrogen and oxygen atoms in total. The predicted molar refractivity (Wildman–Crippen MR) is 71.1 cm³/mol. The number of aliphatic carboxylic acids is 1. The van der Waals surface area contributed by atoms with E-state index in [1.165, 1.54) is 4.90 Å². The summed E-state index contributed by atoms with van der Waals surface area (Å²) in [6, 6.07) is -0.318. The zero-order chi connectivity index (χ0) is 14.3. The highest BCUT2D eigenvalue weighted by Crippen LogP contribution is 2.28. The van der Waals surface area contributed by atoms with Crippen molar-refractivity contribution < 1.29 is 19.4 Å². The normalized spacial score (nSPS) is 22.5. The topological polar surface area (TPSA) is 78.9 Å². The number of amides is 2. The lowest BCUT2D eigenvalue weighted by Gasteiger charge is -2.31. The summed E-state index contributed by atoms with van der Waals surface area (Å²) >= 11 is 0. The lowest BCUT2D eigenvalue weighted by atomic mass is 10.00. The molecule has 1 rings (SSSR count). The SMILES string of the molecule is CCCCOCCNC(=O)N1CCCC1(C)C(=O)O. The first-order valence-electron chi connectivity index (χ1n) is 6.89. The van der Waals surface area contributed by atoms with E-state index in [1.807, 2.05) is 0 Å². The van der Waals surface area contributed by atoms with Crippen molar-refractivity contribution in [3.05, 3.63) is 0 Å². The second-order valence-corrected chi connectivity index (χ2v) is 5.03. The van der Waals surface area contributed by atoms with Crippen molar-refractivity contribution in [3.8, 4) is 0 Å². The molecule has 0 saturated carbocycles. The van der Waals surface area contributed by atoms with Crippen LogP contribution in [-0.2, 0) is 9.53 Å². The molecule has 1 atom stereocenters. The first kappa shape index (κ1) is 15.8. The summed E-state index contributed by atoms with van der Waals surface area (Å²) in [5, 5.41) is 11.9. The molecule has 0 aromatic heterocycles. The van der Waals surface area contributed by atoms with E-state index >= 15 is 0 Å². The fourth-order valence-corrected chi connectivity index (χ4v) is 2.19. The van der Waals surface area contributed by atoms with E-state index in [9.17, 15) is 14.7 Å². The molecule has 110 valence electrons. The molecule has 1 saturated heterocycles. The summed E-state index contributed by atoms with van der Waals surface area (Å²) in [5.74, 6) is -0.945. The zero-order valence-corrected chi connectivity index (χ0v) is 11.8. The smallest absolute Gasteiger partial charge is 0.329 e. The molecular formula is C13H24N2O4. The van der Waals surface area contributed by atoms with Gasteiger partial charge in [0.15, 0.2) is 0 Å². The number of carboxylic acids is 1. The van der Waals surface area contributed by atoms with Crippen molar-refractivity contribution in [1.29, 1.82) is 0 Å². The fourth-order valence-electron chi connectivity index (χ4n) is 2.19. The number of unbranched alkanes of at least 4 members (excludes halogenated alkanes) is 1. The maximum atomic E-state index is 12.0. The molecular weight excluding hydrogens is 248 g/mol. The number of carbonyl (C=O) groups excluding carboxylic acids is 1. The number of carboxylic acid groups (broad SMARTS) is 1. The summed E-state index contributed by atoms with van der Waals surface area (Å²) in [7, 11) is 0. The van der Waals surface area contributed by atoms with E-state index in [4.69, 9.17) is 4.74 Å². The highest BCUT2D eigenvalue weighted by Gasteiger charge is 2.45. The molecule has 0 radical (unpaired) electrons. The van der Waals surface area contributed by atoms with Crippen molar-refractivity contribution in [1.82, 2.24) is 10.2 Å². The van der Waals surface area contributed by atoms with E-state index < -0.39 is 11.5 Å². The molecule has 0 bridgehead atoms. The minimum Gasteiger partial charge on any atom is -0.480 e. The first-order chi connectivity index (χ1) is 9.02.